The van der Waals surface area contributed by atoms with Crippen LogP contribution in [-0.4, -0.2) is 89.0 Å². The molecule has 14 nitrogen and oxygen atoms in total. The third kappa shape index (κ3) is 6.42. The van der Waals surface area contributed by atoms with E-state index in [2.05, 4.69) is 0 Å². The summed E-state index contributed by atoms with van der Waals surface area (Å²) >= 11 is 0. The van der Waals surface area contributed by atoms with Crippen LogP contribution in [0.2, 0.25) is 0 Å². The molecule has 0 radical (unpaired) electrons. The van der Waals surface area contributed by atoms with Gasteiger partial charge in [0, 0.05) is 29.7 Å². The van der Waals surface area contributed by atoms with E-state index in [-0.39, 0.29) is 42.4 Å². The molecular formula is C48H51NO13. The number of aliphatic imine (C=N–C) groups is 1. The number of esters is 4. The number of fused-ring (bicyclic) bond motifs is 5. The van der Waals surface area contributed by atoms with Gasteiger partial charge in [-0.1, -0.05) is 64.1 Å². The first-order valence-electron chi connectivity index (χ1n) is 21.3. The molecule has 4 fully saturated rings. The first kappa shape index (κ1) is 41.7. The molecule has 11 atom stereocenters. The van der Waals surface area contributed by atoms with Crippen molar-refractivity contribution in [1.29, 1.82) is 0 Å². The number of Topliss-reactive ketones (excluding diaryl/α,β-unsaturated/α-hetero) is 1. The highest BCUT2D eigenvalue weighted by molar-refractivity contribution is 5.98. The number of benzene rings is 2. The molecule has 11 unspecified atom stereocenters. The summed E-state index contributed by atoms with van der Waals surface area (Å²) < 4.78 is 43.7. The van der Waals surface area contributed by atoms with Crippen molar-refractivity contribution in [3.05, 3.63) is 107 Å². The minimum Gasteiger partial charge on any atom is -0.467 e. The first-order valence-corrected chi connectivity index (χ1v) is 21.3. The van der Waals surface area contributed by atoms with Crippen molar-refractivity contribution in [3.8, 4) is 0 Å². The molecule has 2 aromatic carbocycles. The van der Waals surface area contributed by atoms with Crippen LogP contribution in [-0.2, 0) is 47.6 Å². The molecule has 0 spiro atoms. The van der Waals surface area contributed by atoms with Crippen molar-refractivity contribution in [2.75, 3.05) is 6.61 Å². The molecule has 0 amide bonds. The Morgan fingerprint density at radius 2 is 1.58 bits per heavy atom. The molecule has 1 aromatic heterocycles. The van der Waals surface area contributed by atoms with Gasteiger partial charge in [-0.05, 0) is 79.6 Å². The standard InChI is InChI=1S/C48H51NO13/c1-25-22-33-47(24-57-33,62-43(53)30-19-20-30)38-40(61-42(52)29-16-11-8-12-17-29)48(55)23-32(26(2)34(45(48,4)5)36(58-27(3)50)39(51)46(25,38)6)59-44(54)37-35(31-18-13-21-56-31)49-41(60-37)28-14-9-7-10-15-28/h7-18,21,25,30,32-33,35-38,40,55H,19-20,22-24H2,1-6H3. The third-order valence-electron chi connectivity index (χ3n) is 14.6. The lowest BCUT2D eigenvalue weighted by Gasteiger charge is -2.68. The summed E-state index contributed by atoms with van der Waals surface area (Å²) in [5.41, 5.74) is -5.44. The molecule has 62 heavy (non-hydrogen) atoms. The van der Waals surface area contributed by atoms with E-state index in [1.807, 2.05) is 25.1 Å². The molecular weight excluding hydrogens is 799 g/mol. The number of hydrogen-bond donors (Lipinski definition) is 1. The molecule has 14 heteroatoms. The van der Waals surface area contributed by atoms with E-state index in [1.54, 1.807) is 82.3 Å². The zero-order valence-corrected chi connectivity index (χ0v) is 35.5. The average Bonchev–Trinajstić information content (AvgIpc) is 3.77. The van der Waals surface area contributed by atoms with Crippen LogP contribution in [0.4, 0.5) is 0 Å². The van der Waals surface area contributed by atoms with Gasteiger partial charge in [-0.15, -0.1) is 0 Å². The molecule has 326 valence electrons. The van der Waals surface area contributed by atoms with Gasteiger partial charge < -0.3 is 37.9 Å². The van der Waals surface area contributed by atoms with E-state index < -0.39 is 100 Å². The molecule has 3 heterocycles. The predicted molar refractivity (Wildman–Crippen MR) is 218 cm³/mol. The Bertz CT molecular complexity index is 2350. The average molecular weight is 850 g/mol. The lowest BCUT2D eigenvalue weighted by Crippen LogP contribution is -2.81. The monoisotopic (exact) mass is 849 g/mol. The van der Waals surface area contributed by atoms with Crippen molar-refractivity contribution in [2.24, 2.45) is 33.6 Å². The minimum atomic E-state index is -2.19. The number of furan rings is 1. The van der Waals surface area contributed by atoms with Gasteiger partial charge in [-0.2, -0.15) is 0 Å². The molecule has 9 rings (SSSR count). The Morgan fingerprint density at radius 1 is 0.887 bits per heavy atom. The topological polar surface area (TPSA) is 186 Å². The van der Waals surface area contributed by atoms with Crippen molar-refractivity contribution in [3.63, 3.8) is 0 Å². The molecule has 3 saturated carbocycles. The fourth-order valence-electron chi connectivity index (χ4n) is 10.8. The Morgan fingerprint density at radius 3 is 2.19 bits per heavy atom. The molecule has 6 aliphatic rings. The van der Waals surface area contributed by atoms with Crippen molar-refractivity contribution < 1.29 is 61.9 Å². The highest BCUT2D eigenvalue weighted by atomic mass is 16.6. The largest absolute Gasteiger partial charge is 0.467 e. The van der Waals surface area contributed by atoms with E-state index in [1.165, 1.54) is 13.2 Å². The van der Waals surface area contributed by atoms with E-state index in [0.29, 0.717) is 29.7 Å². The Balaban J connectivity index is 1.20. The molecule has 2 aliphatic heterocycles. The van der Waals surface area contributed by atoms with E-state index in [0.717, 1.165) is 0 Å². The van der Waals surface area contributed by atoms with Gasteiger partial charge in [0.05, 0.1) is 30.3 Å². The maximum atomic E-state index is 15.8. The Labute approximate surface area is 358 Å². The quantitative estimate of drug-likeness (QED) is 0.149. The van der Waals surface area contributed by atoms with E-state index >= 15 is 4.79 Å². The first-order chi connectivity index (χ1) is 29.5. The zero-order valence-electron chi connectivity index (χ0n) is 35.5. The second kappa shape index (κ2) is 15.0. The summed E-state index contributed by atoms with van der Waals surface area (Å²) in [6, 6.07) is 19.7. The van der Waals surface area contributed by atoms with Crippen LogP contribution in [0.1, 0.15) is 94.9 Å². The van der Waals surface area contributed by atoms with Gasteiger partial charge in [-0.25, -0.2) is 14.6 Å². The maximum Gasteiger partial charge on any atom is 0.350 e. The fraction of sp³-hybridized carbons (Fsp3) is 0.500. The highest BCUT2D eigenvalue weighted by Crippen LogP contribution is 2.66. The number of ether oxygens (including phenoxy) is 6. The third-order valence-corrected chi connectivity index (χ3v) is 14.6. The number of carbonyl (C=O) groups excluding carboxylic acids is 5. The van der Waals surface area contributed by atoms with Gasteiger partial charge in [0.1, 0.15) is 29.7 Å². The van der Waals surface area contributed by atoms with Gasteiger partial charge in [-0.3, -0.25) is 14.4 Å². The minimum absolute atomic E-state index is 0.137. The lowest BCUT2D eigenvalue weighted by molar-refractivity contribution is -0.341. The number of ketones is 1. The Kier molecular flexibility index (Phi) is 10.1. The van der Waals surface area contributed by atoms with Crippen LogP contribution < -0.4 is 0 Å². The number of aliphatic hydroxyl groups is 1. The second-order valence-electron chi connectivity index (χ2n) is 18.5. The molecule has 3 aromatic rings. The normalized spacial score (nSPS) is 35.7. The summed E-state index contributed by atoms with van der Waals surface area (Å²) in [6.07, 6.45) is -3.83. The Hall–Kier alpha value is -5.60. The SMILES string of the molecule is CC(=O)OC1C(=O)C2(C)C(C)CC3OCC3(OC(=O)C3CC3)C2C(OC(=O)c2ccccc2)C2(O)CC(OC(=O)C3OC(c4ccccc4)=NC3c3ccco3)C(C)=C1C2(C)C. The maximum absolute atomic E-state index is 15.8. The number of hydrogen-bond acceptors (Lipinski definition) is 14. The van der Waals surface area contributed by atoms with Crippen LogP contribution in [0, 0.1) is 28.6 Å². The lowest BCUT2D eigenvalue weighted by atomic mass is 9.43. The number of nitrogens with zero attached hydrogens (tertiary/aromatic N) is 1. The molecule has 1 saturated heterocycles. The summed E-state index contributed by atoms with van der Waals surface area (Å²) in [5, 5.41) is 13.9. The summed E-state index contributed by atoms with van der Waals surface area (Å²) in [4.78, 5) is 76.6. The summed E-state index contributed by atoms with van der Waals surface area (Å²) in [5.74, 6) is -4.96. The predicted octanol–water partition coefficient (Wildman–Crippen LogP) is 6.05. The van der Waals surface area contributed by atoms with Gasteiger partial charge in [0.2, 0.25) is 12.0 Å². The molecule has 2 bridgehead atoms. The highest BCUT2D eigenvalue weighted by Gasteiger charge is 2.78. The van der Waals surface area contributed by atoms with Crippen LogP contribution in [0.15, 0.2) is 99.6 Å². The van der Waals surface area contributed by atoms with E-state index in [4.69, 9.17) is 37.8 Å². The van der Waals surface area contributed by atoms with Crippen molar-refractivity contribution >= 4 is 35.6 Å². The van der Waals surface area contributed by atoms with Crippen molar-refractivity contribution in [1.82, 2.24) is 0 Å². The van der Waals surface area contributed by atoms with Gasteiger partial charge >= 0.3 is 23.9 Å². The molecule has 1 N–H and O–H groups in total. The fourth-order valence-corrected chi connectivity index (χ4v) is 10.8. The summed E-state index contributed by atoms with van der Waals surface area (Å²) in [6.45, 7) is 9.69. The van der Waals surface area contributed by atoms with Gasteiger partial charge in [0.15, 0.2) is 23.5 Å². The van der Waals surface area contributed by atoms with Crippen LogP contribution >= 0.6 is 0 Å². The number of carbonyl (C=O) groups is 5. The number of rotatable bonds is 9. The van der Waals surface area contributed by atoms with E-state index in [9.17, 15) is 24.3 Å². The smallest absolute Gasteiger partial charge is 0.350 e. The summed E-state index contributed by atoms with van der Waals surface area (Å²) in [7, 11) is 0. The van der Waals surface area contributed by atoms with Crippen molar-refractivity contribution in [2.45, 2.75) is 115 Å². The van der Waals surface area contributed by atoms with Crippen LogP contribution in [0.5, 0.6) is 0 Å². The van der Waals surface area contributed by atoms with Crippen LogP contribution in [0.3, 0.4) is 0 Å². The van der Waals surface area contributed by atoms with Crippen LogP contribution in [0.25, 0.3) is 0 Å². The second-order valence-corrected chi connectivity index (χ2v) is 18.5. The zero-order chi connectivity index (χ0) is 43.9. The molecule has 4 aliphatic carbocycles. The van der Waals surface area contributed by atoms with Gasteiger partial charge in [0.25, 0.3) is 0 Å².